The summed E-state index contributed by atoms with van der Waals surface area (Å²) >= 11 is 0. The number of carbonyl (C=O) groups is 2. The SMILES string of the molecule is Nc1ccccc1OCCOCCOCCOCCOCCOCCOCCOCCOCCOC(=O)CCCCC(=O)O. The fourth-order valence-corrected chi connectivity index (χ4v) is 3.30. The monoisotopic (exact) mass is 633 g/mol. The van der Waals surface area contributed by atoms with E-state index in [1.807, 2.05) is 18.2 Å². The predicted octanol–water partition coefficient (Wildman–Crippen LogP) is 1.97. The van der Waals surface area contributed by atoms with Gasteiger partial charge < -0.3 is 58.2 Å². The Hall–Kier alpha value is -2.56. The van der Waals surface area contributed by atoms with E-state index >= 15 is 0 Å². The first-order valence-electron chi connectivity index (χ1n) is 15.1. The zero-order valence-corrected chi connectivity index (χ0v) is 25.8. The van der Waals surface area contributed by atoms with Crippen LogP contribution in [0.2, 0.25) is 0 Å². The van der Waals surface area contributed by atoms with Gasteiger partial charge in [0.15, 0.2) is 0 Å². The Kier molecular flexibility index (Phi) is 27.3. The number of ether oxygens (including phenoxy) is 10. The van der Waals surface area contributed by atoms with E-state index in [-0.39, 0.29) is 32.0 Å². The van der Waals surface area contributed by atoms with Gasteiger partial charge >= 0.3 is 11.9 Å². The minimum absolute atomic E-state index is 0.0600. The number of esters is 1. The molecule has 0 saturated heterocycles. The van der Waals surface area contributed by atoms with Gasteiger partial charge in [-0.3, -0.25) is 9.59 Å². The molecule has 0 unspecified atom stereocenters. The minimum Gasteiger partial charge on any atom is -0.489 e. The number of carbonyl (C=O) groups excluding carboxylic acids is 1. The average Bonchev–Trinajstić information content (AvgIpc) is 3.01. The third kappa shape index (κ3) is 27.0. The van der Waals surface area contributed by atoms with E-state index in [1.54, 1.807) is 6.07 Å². The second-order valence-electron chi connectivity index (χ2n) is 9.11. The van der Waals surface area contributed by atoms with Crippen LogP contribution in [0.1, 0.15) is 25.7 Å². The molecule has 14 heteroatoms. The fourth-order valence-electron chi connectivity index (χ4n) is 3.30. The Labute approximate surface area is 260 Å². The zero-order chi connectivity index (χ0) is 31.8. The van der Waals surface area contributed by atoms with Crippen molar-refractivity contribution in [3.05, 3.63) is 24.3 Å². The van der Waals surface area contributed by atoms with Crippen LogP contribution in [-0.2, 0) is 52.2 Å². The van der Waals surface area contributed by atoms with E-state index in [2.05, 4.69) is 0 Å². The highest BCUT2D eigenvalue weighted by Crippen LogP contribution is 2.19. The van der Waals surface area contributed by atoms with Gasteiger partial charge in [0.2, 0.25) is 0 Å². The fraction of sp³-hybridized carbons (Fsp3) is 0.733. The molecular weight excluding hydrogens is 582 g/mol. The number of nitrogens with two attached hydrogens (primary N) is 1. The van der Waals surface area contributed by atoms with E-state index in [0.717, 1.165) is 0 Å². The number of anilines is 1. The third-order valence-corrected chi connectivity index (χ3v) is 5.52. The molecule has 0 fully saturated rings. The molecule has 14 nitrogen and oxygen atoms in total. The smallest absolute Gasteiger partial charge is 0.305 e. The number of para-hydroxylation sites is 2. The summed E-state index contributed by atoms with van der Waals surface area (Å²) < 4.78 is 54.0. The van der Waals surface area contributed by atoms with Crippen molar-refractivity contribution in [3.8, 4) is 5.75 Å². The van der Waals surface area contributed by atoms with Crippen LogP contribution in [0.15, 0.2) is 24.3 Å². The summed E-state index contributed by atoms with van der Waals surface area (Å²) in [7, 11) is 0. The Morgan fingerprint density at radius 2 is 0.886 bits per heavy atom. The molecule has 0 aliphatic heterocycles. The largest absolute Gasteiger partial charge is 0.489 e. The Bertz CT molecular complexity index is 815. The highest BCUT2D eigenvalue weighted by molar-refractivity contribution is 5.69. The minimum atomic E-state index is -0.863. The molecule has 0 radical (unpaired) electrons. The number of benzene rings is 1. The number of hydrogen-bond donors (Lipinski definition) is 2. The van der Waals surface area contributed by atoms with E-state index in [0.29, 0.717) is 130 Å². The number of aliphatic carboxylic acids is 1. The van der Waals surface area contributed by atoms with Crippen molar-refractivity contribution in [3.63, 3.8) is 0 Å². The van der Waals surface area contributed by atoms with Crippen molar-refractivity contribution < 1.29 is 62.1 Å². The Balaban J connectivity index is 1.66. The molecule has 0 atom stereocenters. The molecule has 0 amide bonds. The summed E-state index contributed by atoms with van der Waals surface area (Å²) in [5.41, 5.74) is 6.42. The number of carboxylic acid groups (broad SMARTS) is 1. The maximum Gasteiger partial charge on any atom is 0.305 e. The predicted molar refractivity (Wildman–Crippen MR) is 160 cm³/mol. The second-order valence-corrected chi connectivity index (χ2v) is 9.11. The van der Waals surface area contributed by atoms with Crippen LogP contribution in [0.5, 0.6) is 5.75 Å². The highest BCUT2D eigenvalue weighted by Gasteiger charge is 2.04. The van der Waals surface area contributed by atoms with Crippen LogP contribution in [0.3, 0.4) is 0 Å². The van der Waals surface area contributed by atoms with Crippen LogP contribution in [0, 0.1) is 0 Å². The molecule has 0 aromatic heterocycles. The summed E-state index contributed by atoms with van der Waals surface area (Å²) in [6.07, 6.45) is 1.24. The summed E-state index contributed by atoms with van der Waals surface area (Å²) in [4.78, 5) is 21.9. The molecule has 0 bridgehead atoms. The van der Waals surface area contributed by atoms with Gasteiger partial charge in [-0.05, 0) is 25.0 Å². The molecule has 254 valence electrons. The lowest BCUT2D eigenvalue weighted by Crippen LogP contribution is -2.15. The normalized spacial score (nSPS) is 11.1. The van der Waals surface area contributed by atoms with E-state index in [9.17, 15) is 9.59 Å². The number of rotatable bonds is 33. The van der Waals surface area contributed by atoms with Gasteiger partial charge in [-0.1, -0.05) is 12.1 Å². The molecule has 1 aromatic carbocycles. The molecule has 44 heavy (non-hydrogen) atoms. The molecular formula is C30H51NO13. The molecule has 1 aromatic rings. The van der Waals surface area contributed by atoms with Crippen molar-refractivity contribution in [1.29, 1.82) is 0 Å². The lowest BCUT2D eigenvalue weighted by molar-refractivity contribution is -0.146. The molecule has 0 spiro atoms. The van der Waals surface area contributed by atoms with Gasteiger partial charge in [0, 0.05) is 12.8 Å². The van der Waals surface area contributed by atoms with E-state index in [1.165, 1.54) is 0 Å². The van der Waals surface area contributed by atoms with Crippen molar-refractivity contribution in [1.82, 2.24) is 0 Å². The summed E-state index contributed by atoms with van der Waals surface area (Å²) in [6, 6.07) is 7.35. The summed E-state index contributed by atoms with van der Waals surface area (Å²) in [5, 5.41) is 8.54. The van der Waals surface area contributed by atoms with Crippen molar-refractivity contribution in [2.24, 2.45) is 0 Å². The topological polar surface area (TPSA) is 173 Å². The quantitative estimate of drug-likeness (QED) is 0.0653. The first-order chi connectivity index (χ1) is 21.6. The van der Waals surface area contributed by atoms with E-state index < -0.39 is 5.97 Å². The molecule has 0 saturated carbocycles. The molecule has 0 heterocycles. The molecule has 3 N–H and O–H groups in total. The van der Waals surface area contributed by atoms with Crippen LogP contribution in [0.25, 0.3) is 0 Å². The Morgan fingerprint density at radius 1 is 0.523 bits per heavy atom. The van der Waals surface area contributed by atoms with Crippen LogP contribution >= 0.6 is 0 Å². The summed E-state index contributed by atoms with van der Waals surface area (Å²) in [6.45, 7) is 7.83. The van der Waals surface area contributed by atoms with Gasteiger partial charge in [0.25, 0.3) is 0 Å². The second kappa shape index (κ2) is 30.5. The standard InChI is InChI=1S/C30H51NO13/c31-27-5-1-2-6-28(27)43-25-23-41-21-19-39-17-15-37-13-11-35-9-10-36-12-14-38-16-18-40-20-22-42-24-26-44-30(34)8-4-3-7-29(32)33/h1-2,5-6H,3-4,7-26,31H2,(H,32,33). The van der Waals surface area contributed by atoms with Crippen LogP contribution in [0.4, 0.5) is 5.69 Å². The van der Waals surface area contributed by atoms with Crippen LogP contribution < -0.4 is 10.5 Å². The average molecular weight is 634 g/mol. The highest BCUT2D eigenvalue weighted by atomic mass is 16.6. The number of unbranched alkanes of at least 4 members (excludes halogenated alkanes) is 1. The lowest BCUT2D eigenvalue weighted by atomic mass is 10.2. The lowest BCUT2D eigenvalue weighted by Gasteiger charge is -2.09. The number of hydrogen-bond acceptors (Lipinski definition) is 13. The van der Waals surface area contributed by atoms with Crippen molar-refractivity contribution in [2.75, 3.05) is 125 Å². The third-order valence-electron chi connectivity index (χ3n) is 5.52. The first kappa shape index (κ1) is 39.5. The maximum absolute atomic E-state index is 11.5. The van der Waals surface area contributed by atoms with Gasteiger partial charge in [-0.25, -0.2) is 0 Å². The molecule has 0 aliphatic rings. The van der Waals surface area contributed by atoms with Gasteiger partial charge in [0.1, 0.15) is 19.0 Å². The molecule has 0 aliphatic carbocycles. The number of carboxylic acids is 1. The number of nitrogen functional groups attached to an aromatic ring is 1. The first-order valence-corrected chi connectivity index (χ1v) is 15.1. The van der Waals surface area contributed by atoms with Gasteiger partial charge in [0.05, 0.1) is 111 Å². The van der Waals surface area contributed by atoms with E-state index in [4.69, 9.17) is 58.2 Å². The van der Waals surface area contributed by atoms with Gasteiger partial charge in [-0.15, -0.1) is 0 Å². The Morgan fingerprint density at radius 3 is 1.30 bits per heavy atom. The van der Waals surface area contributed by atoms with Crippen LogP contribution in [-0.4, -0.2) is 136 Å². The zero-order valence-electron chi connectivity index (χ0n) is 25.8. The van der Waals surface area contributed by atoms with Crippen molar-refractivity contribution >= 4 is 17.6 Å². The molecule has 1 rings (SSSR count). The van der Waals surface area contributed by atoms with Gasteiger partial charge in [-0.2, -0.15) is 0 Å². The van der Waals surface area contributed by atoms with Crippen molar-refractivity contribution in [2.45, 2.75) is 25.7 Å². The maximum atomic E-state index is 11.5. The summed E-state index contributed by atoms with van der Waals surface area (Å²) in [5.74, 6) is -0.551.